The largest absolute Gasteiger partial charge is 0.198 e. The van der Waals surface area contributed by atoms with E-state index in [4.69, 9.17) is 5.26 Å². The van der Waals surface area contributed by atoms with Crippen LogP contribution in [0.25, 0.3) is 0 Å². The van der Waals surface area contributed by atoms with Crippen molar-refractivity contribution in [2.75, 3.05) is 5.75 Å². The summed E-state index contributed by atoms with van der Waals surface area (Å²) in [7, 11) is 0. The molecular weight excluding hydrogens is 106 g/mol. The standard InChI is InChI=1S/C5H7NS/c6-4-2-1-3-5-7/h1,3,7H,2,5H2/b3-1+. The summed E-state index contributed by atoms with van der Waals surface area (Å²) in [5, 5.41) is 7.97. The summed E-state index contributed by atoms with van der Waals surface area (Å²) in [5.74, 6) is 0.724. The number of nitriles is 1. The second kappa shape index (κ2) is 5.58. The molecule has 0 aliphatic heterocycles. The van der Waals surface area contributed by atoms with Crippen LogP contribution in [0.2, 0.25) is 0 Å². The van der Waals surface area contributed by atoms with Gasteiger partial charge in [-0.05, 0) is 0 Å². The molecule has 0 rings (SSSR count). The van der Waals surface area contributed by atoms with Gasteiger partial charge in [-0.25, -0.2) is 0 Å². The Balaban J connectivity index is 2.97. The van der Waals surface area contributed by atoms with E-state index in [-0.39, 0.29) is 0 Å². The van der Waals surface area contributed by atoms with E-state index in [9.17, 15) is 0 Å². The van der Waals surface area contributed by atoms with E-state index < -0.39 is 0 Å². The van der Waals surface area contributed by atoms with Crippen molar-refractivity contribution >= 4 is 12.6 Å². The van der Waals surface area contributed by atoms with Crippen LogP contribution in [0.4, 0.5) is 0 Å². The molecule has 0 fully saturated rings. The summed E-state index contributed by atoms with van der Waals surface area (Å²) in [6.45, 7) is 0. The van der Waals surface area contributed by atoms with Gasteiger partial charge in [0.1, 0.15) is 0 Å². The zero-order chi connectivity index (χ0) is 5.54. The van der Waals surface area contributed by atoms with E-state index in [2.05, 4.69) is 12.6 Å². The lowest BCUT2D eigenvalue weighted by Crippen LogP contribution is -1.58. The molecule has 0 aromatic heterocycles. The van der Waals surface area contributed by atoms with Crippen molar-refractivity contribution in [1.29, 1.82) is 5.26 Å². The Morgan fingerprint density at radius 2 is 2.29 bits per heavy atom. The molecule has 0 atom stereocenters. The molecule has 2 heteroatoms. The van der Waals surface area contributed by atoms with Crippen molar-refractivity contribution in [3.05, 3.63) is 12.2 Å². The minimum absolute atomic E-state index is 0.501. The van der Waals surface area contributed by atoms with Gasteiger partial charge in [0.05, 0.1) is 12.5 Å². The quantitative estimate of drug-likeness (QED) is 0.424. The van der Waals surface area contributed by atoms with Gasteiger partial charge in [-0.3, -0.25) is 0 Å². The minimum Gasteiger partial charge on any atom is -0.198 e. The Morgan fingerprint density at radius 3 is 2.71 bits per heavy atom. The molecule has 0 aromatic carbocycles. The first-order valence-corrected chi connectivity index (χ1v) is 2.68. The van der Waals surface area contributed by atoms with Gasteiger partial charge in [0.2, 0.25) is 0 Å². The average Bonchev–Trinajstić information content (AvgIpc) is 1.69. The summed E-state index contributed by atoms with van der Waals surface area (Å²) in [6.07, 6.45) is 4.15. The van der Waals surface area contributed by atoms with Crippen molar-refractivity contribution < 1.29 is 0 Å². The third kappa shape index (κ3) is 5.58. The van der Waals surface area contributed by atoms with E-state index in [0.29, 0.717) is 6.42 Å². The lowest BCUT2D eigenvalue weighted by atomic mass is 10.4. The fourth-order valence-electron chi connectivity index (χ4n) is 0.211. The first-order valence-electron chi connectivity index (χ1n) is 2.04. The lowest BCUT2D eigenvalue weighted by Gasteiger charge is -1.70. The van der Waals surface area contributed by atoms with E-state index in [0.717, 1.165) is 5.75 Å². The summed E-state index contributed by atoms with van der Waals surface area (Å²) in [5.41, 5.74) is 0. The van der Waals surface area contributed by atoms with Gasteiger partial charge in [-0.2, -0.15) is 17.9 Å². The van der Waals surface area contributed by atoms with E-state index in [1.54, 1.807) is 6.08 Å². The second-order valence-corrected chi connectivity index (χ2v) is 1.38. The predicted molar refractivity (Wildman–Crippen MR) is 33.2 cm³/mol. The molecule has 0 unspecified atom stereocenters. The number of allylic oxidation sites excluding steroid dienone is 1. The van der Waals surface area contributed by atoms with Crippen molar-refractivity contribution in [3.8, 4) is 6.07 Å². The molecule has 0 aromatic rings. The van der Waals surface area contributed by atoms with Gasteiger partial charge < -0.3 is 0 Å². The molecule has 0 aliphatic rings. The predicted octanol–water partition coefficient (Wildman–Crippen LogP) is 1.39. The Kier molecular flexibility index (Phi) is 5.25. The summed E-state index contributed by atoms with van der Waals surface area (Å²) in [4.78, 5) is 0. The highest BCUT2D eigenvalue weighted by Crippen LogP contribution is 1.80. The summed E-state index contributed by atoms with van der Waals surface area (Å²) in [6, 6.07) is 1.98. The van der Waals surface area contributed by atoms with E-state index >= 15 is 0 Å². The summed E-state index contributed by atoms with van der Waals surface area (Å²) < 4.78 is 0. The van der Waals surface area contributed by atoms with Crippen LogP contribution in [-0.2, 0) is 0 Å². The van der Waals surface area contributed by atoms with Crippen LogP contribution in [0.5, 0.6) is 0 Å². The maximum atomic E-state index is 7.97. The zero-order valence-electron chi connectivity index (χ0n) is 3.96. The SMILES string of the molecule is N#CC/C=C/CS. The van der Waals surface area contributed by atoms with Gasteiger partial charge in [0.25, 0.3) is 0 Å². The molecule has 0 saturated heterocycles. The first kappa shape index (κ1) is 6.58. The minimum atomic E-state index is 0.501. The average molecular weight is 113 g/mol. The second-order valence-electron chi connectivity index (χ2n) is 1.02. The monoisotopic (exact) mass is 113 g/mol. The lowest BCUT2D eigenvalue weighted by molar-refractivity contribution is 1.35. The Hall–Kier alpha value is -0.420. The molecule has 0 radical (unpaired) electrons. The van der Waals surface area contributed by atoms with Crippen LogP contribution in [-0.4, -0.2) is 5.75 Å². The summed E-state index contributed by atoms with van der Waals surface area (Å²) >= 11 is 3.90. The van der Waals surface area contributed by atoms with Gasteiger partial charge in [-0.15, -0.1) is 0 Å². The number of thiol groups is 1. The Bertz CT molecular complexity index is 90.7. The zero-order valence-corrected chi connectivity index (χ0v) is 4.86. The topological polar surface area (TPSA) is 23.8 Å². The molecule has 38 valence electrons. The maximum absolute atomic E-state index is 7.97. The van der Waals surface area contributed by atoms with Gasteiger partial charge in [0, 0.05) is 5.75 Å². The Labute approximate surface area is 49.1 Å². The van der Waals surface area contributed by atoms with Crippen LogP contribution >= 0.6 is 12.6 Å². The number of nitrogens with zero attached hydrogens (tertiary/aromatic N) is 1. The molecular formula is C5H7NS. The van der Waals surface area contributed by atoms with E-state index in [1.165, 1.54) is 0 Å². The molecule has 0 spiro atoms. The van der Waals surface area contributed by atoms with Crippen molar-refractivity contribution in [3.63, 3.8) is 0 Å². The third-order valence-corrected chi connectivity index (χ3v) is 0.692. The van der Waals surface area contributed by atoms with Gasteiger partial charge in [-0.1, -0.05) is 12.2 Å². The molecule has 7 heavy (non-hydrogen) atoms. The smallest absolute Gasteiger partial charge is 0.0663 e. The van der Waals surface area contributed by atoms with Crippen LogP contribution in [0.1, 0.15) is 6.42 Å². The highest BCUT2D eigenvalue weighted by molar-refractivity contribution is 7.80. The number of hydrogen-bond donors (Lipinski definition) is 1. The molecule has 0 N–H and O–H groups in total. The maximum Gasteiger partial charge on any atom is 0.0663 e. The highest BCUT2D eigenvalue weighted by atomic mass is 32.1. The number of hydrogen-bond acceptors (Lipinski definition) is 2. The first-order chi connectivity index (χ1) is 3.41. The van der Waals surface area contributed by atoms with Crippen LogP contribution in [0, 0.1) is 11.3 Å². The molecule has 0 saturated carbocycles. The molecule has 0 amide bonds. The van der Waals surface area contributed by atoms with Crippen molar-refractivity contribution in [2.24, 2.45) is 0 Å². The van der Waals surface area contributed by atoms with Crippen LogP contribution in [0.3, 0.4) is 0 Å². The van der Waals surface area contributed by atoms with Gasteiger partial charge >= 0.3 is 0 Å². The van der Waals surface area contributed by atoms with Gasteiger partial charge in [0.15, 0.2) is 0 Å². The third-order valence-electron chi connectivity index (χ3n) is 0.481. The van der Waals surface area contributed by atoms with Crippen molar-refractivity contribution in [1.82, 2.24) is 0 Å². The van der Waals surface area contributed by atoms with Crippen LogP contribution in [0.15, 0.2) is 12.2 Å². The normalized spacial score (nSPS) is 9.14. The highest BCUT2D eigenvalue weighted by Gasteiger charge is 1.66. The molecule has 0 aliphatic carbocycles. The molecule has 1 nitrogen and oxygen atoms in total. The molecule has 0 heterocycles. The fraction of sp³-hybridized carbons (Fsp3) is 0.400. The Morgan fingerprint density at radius 1 is 1.57 bits per heavy atom. The van der Waals surface area contributed by atoms with Crippen LogP contribution < -0.4 is 0 Å². The number of rotatable bonds is 2. The fourth-order valence-corrected chi connectivity index (χ4v) is 0.360. The van der Waals surface area contributed by atoms with Crippen molar-refractivity contribution in [2.45, 2.75) is 6.42 Å². The molecule has 0 bridgehead atoms. The van der Waals surface area contributed by atoms with E-state index in [1.807, 2.05) is 12.1 Å².